The third-order valence-electron chi connectivity index (χ3n) is 1.11. The molecule has 0 atom stereocenters. The number of hydrogen-bond acceptors (Lipinski definition) is 3. The lowest BCUT2D eigenvalue weighted by Crippen LogP contribution is -2.15. The van der Waals surface area contributed by atoms with Crippen LogP contribution in [0, 0.1) is 0 Å². The highest BCUT2D eigenvalue weighted by Crippen LogP contribution is 2.07. The van der Waals surface area contributed by atoms with Crippen molar-refractivity contribution in [2.24, 2.45) is 0 Å². The van der Waals surface area contributed by atoms with Crippen LogP contribution in [0.2, 0.25) is 0 Å². The molecule has 0 radical (unpaired) electrons. The van der Waals surface area contributed by atoms with Crippen molar-refractivity contribution < 1.29 is 14.2 Å². The summed E-state index contributed by atoms with van der Waals surface area (Å²) in [5.74, 6) is 0. The number of ether oxygens (including phenoxy) is 3. The van der Waals surface area contributed by atoms with Gasteiger partial charge in [-0.15, -0.1) is 0 Å². The van der Waals surface area contributed by atoms with E-state index >= 15 is 0 Å². The summed E-state index contributed by atoms with van der Waals surface area (Å²) >= 11 is 0. The Kier molecular flexibility index (Phi) is 5.26. The van der Waals surface area contributed by atoms with Crippen molar-refractivity contribution in [3.8, 4) is 0 Å². The molecule has 0 amide bonds. The van der Waals surface area contributed by atoms with Gasteiger partial charge in [-0.3, -0.25) is 0 Å². The van der Waals surface area contributed by atoms with Gasteiger partial charge in [0, 0.05) is 0 Å². The summed E-state index contributed by atoms with van der Waals surface area (Å²) in [4.78, 5) is 0. The fraction of sp³-hybridized carbons (Fsp3) is 0.667. The van der Waals surface area contributed by atoms with E-state index in [4.69, 9.17) is 14.2 Å². The zero-order valence-corrected chi connectivity index (χ0v) is 10.5. The first kappa shape index (κ1) is 13.9. The van der Waals surface area contributed by atoms with Gasteiger partial charge in [-0.25, -0.2) is 0 Å². The van der Waals surface area contributed by atoms with Crippen molar-refractivity contribution in [3.05, 3.63) is 25.0 Å². The lowest BCUT2D eigenvalue weighted by molar-refractivity contribution is 0.0676. The Balaban J connectivity index is 3.62. The van der Waals surface area contributed by atoms with Crippen LogP contribution in [0.1, 0.15) is 41.5 Å². The topological polar surface area (TPSA) is 27.7 Å². The van der Waals surface area contributed by atoms with Crippen molar-refractivity contribution in [3.63, 3.8) is 0 Å². The standard InChI is InChI=1S/C12H22O3/c1-11(2,3)14-9-7-13-8-10-15-12(4,5)6/h7-10H,1-6H3. The lowest BCUT2D eigenvalue weighted by Gasteiger charge is -2.17. The largest absolute Gasteiger partial charge is 0.493 e. The average molecular weight is 214 g/mol. The second-order valence-corrected chi connectivity index (χ2v) is 5.14. The normalized spacial score (nSPS) is 13.5. The summed E-state index contributed by atoms with van der Waals surface area (Å²) in [5.41, 5.74) is -0.378. The monoisotopic (exact) mass is 214 g/mol. The molecule has 0 aromatic carbocycles. The predicted octanol–water partition coefficient (Wildman–Crippen LogP) is 3.58. The van der Waals surface area contributed by atoms with Gasteiger partial charge in [0.15, 0.2) is 0 Å². The minimum Gasteiger partial charge on any atom is -0.493 e. The van der Waals surface area contributed by atoms with Gasteiger partial charge in [0.25, 0.3) is 0 Å². The number of rotatable bonds is 4. The third kappa shape index (κ3) is 12.9. The smallest absolute Gasteiger partial charge is 0.125 e. The first-order chi connectivity index (χ1) is 6.71. The zero-order chi connectivity index (χ0) is 11.9. The quantitative estimate of drug-likeness (QED) is 0.669. The van der Waals surface area contributed by atoms with Gasteiger partial charge in [0.1, 0.15) is 25.0 Å². The van der Waals surface area contributed by atoms with Crippen LogP contribution < -0.4 is 0 Å². The Bertz CT molecular complexity index is 192. The Morgan fingerprint density at radius 3 is 1.20 bits per heavy atom. The van der Waals surface area contributed by atoms with Gasteiger partial charge in [0.2, 0.25) is 0 Å². The van der Waals surface area contributed by atoms with E-state index in [1.165, 1.54) is 25.0 Å². The van der Waals surface area contributed by atoms with Gasteiger partial charge in [-0.2, -0.15) is 0 Å². The minimum absolute atomic E-state index is 0.189. The molecule has 0 aliphatic rings. The second-order valence-electron chi connectivity index (χ2n) is 5.14. The van der Waals surface area contributed by atoms with E-state index in [0.717, 1.165) is 0 Å². The lowest BCUT2D eigenvalue weighted by atomic mass is 10.2. The molecule has 0 saturated heterocycles. The molecule has 0 saturated carbocycles. The van der Waals surface area contributed by atoms with Crippen LogP contribution in [0.3, 0.4) is 0 Å². The third-order valence-corrected chi connectivity index (χ3v) is 1.11. The highest BCUT2D eigenvalue weighted by Gasteiger charge is 2.07. The molecule has 0 aromatic heterocycles. The van der Waals surface area contributed by atoms with Crippen LogP contribution in [-0.4, -0.2) is 11.2 Å². The maximum Gasteiger partial charge on any atom is 0.125 e. The molecule has 0 aliphatic carbocycles. The highest BCUT2D eigenvalue weighted by atomic mass is 16.5. The Labute approximate surface area is 92.7 Å². The first-order valence-corrected chi connectivity index (χ1v) is 5.02. The fourth-order valence-electron chi connectivity index (χ4n) is 0.573. The highest BCUT2D eigenvalue weighted by molar-refractivity contribution is 4.74. The van der Waals surface area contributed by atoms with Crippen molar-refractivity contribution in [1.82, 2.24) is 0 Å². The average Bonchev–Trinajstić information content (AvgIpc) is 1.98. The Hall–Kier alpha value is -1.12. The van der Waals surface area contributed by atoms with E-state index in [2.05, 4.69) is 0 Å². The SMILES string of the molecule is CC(C)(C)OC=COC=COC(C)(C)C. The van der Waals surface area contributed by atoms with Crippen LogP contribution in [0.4, 0.5) is 0 Å². The summed E-state index contributed by atoms with van der Waals surface area (Å²) in [5, 5.41) is 0. The van der Waals surface area contributed by atoms with Crippen molar-refractivity contribution in [1.29, 1.82) is 0 Å². The predicted molar refractivity (Wildman–Crippen MR) is 61.0 cm³/mol. The van der Waals surface area contributed by atoms with Gasteiger partial charge in [-0.1, -0.05) is 0 Å². The second kappa shape index (κ2) is 5.69. The molecule has 0 bridgehead atoms. The Morgan fingerprint density at radius 2 is 0.933 bits per heavy atom. The fourth-order valence-corrected chi connectivity index (χ4v) is 0.573. The minimum atomic E-state index is -0.189. The molecule has 88 valence electrons. The molecule has 0 spiro atoms. The molecular formula is C12H22O3. The van der Waals surface area contributed by atoms with Gasteiger partial charge in [-0.05, 0) is 41.5 Å². The van der Waals surface area contributed by atoms with Crippen LogP contribution >= 0.6 is 0 Å². The summed E-state index contributed by atoms with van der Waals surface area (Å²) in [7, 11) is 0. The molecule has 0 rings (SSSR count). The van der Waals surface area contributed by atoms with Gasteiger partial charge < -0.3 is 14.2 Å². The van der Waals surface area contributed by atoms with Gasteiger partial charge >= 0.3 is 0 Å². The summed E-state index contributed by atoms with van der Waals surface area (Å²) in [6.07, 6.45) is 5.96. The molecule has 0 aromatic rings. The molecule has 0 unspecified atom stereocenters. The van der Waals surface area contributed by atoms with Gasteiger partial charge in [0.05, 0.1) is 11.2 Å². The number of hydrogen-bond donors (Lipinski definition) is 0. The van der Waals surface area contributed by atoms with Crippen LogP contribution in [0.25, 0.3) is 0 Å². The van der Waals surface area contributed by atoms with Crippen LogP contribution in [-0.2, 0) is 14.2 Å². The maximum absolute atomic E-state index is 5.30. The summed E-state index contributed by atoms with van der Waals surface area (Å²) in [6, 6.07) is 0. The van der Waals surface area contributed by atoms with E-state index in [9.17, 15) is 0 Å². The van der Waals surface area contributed by atoms with Crippen LogP contribution in [0.15, 0.2) is 25.0 Å². The van der Waals surface area contributed by atoms with E-state index in [-0.39, 0.29) is 11.2 Å². The van der Waals surface area contributed by atoms with Crippen molar-refractivity contribution in [2.75, 3.05) is 0 Å². The first-order valence-electron chi connectivity index (χ1n) is 5.02. The van der Waals surface area contributed by atoms with E-state index < -0.39 is 0 Å². The molecule has 3 heteroatoms. The van der Waals surface area contributed by atoms with Crippen molar-refractivity contribution in [2.45, 2.75) is 52.7 Å². The van der Waals surface area contributed by atoms with E-state index in [1.807, 2.05) is 41.5 Å². The molecule has 0 fully saturated rings. The molecular weight excluding hydrogens is 192 g/mol. The summed E-state index contributed by atoms with van der Waals surface area (Å²) in [6.45, 7) is 11.8. The zero-order valence-electron chi connectivity index (χ0n) is 10.5. The molecule has 0 heterocycles. The van der Waals surface area contributed by atoms with E-state index in [0.29, 0.717) is 0 Å². The Morgan fingerprint density at radius 1 is 0.600 bits per heavy atom. The maximum atomic E-state index is 5.30. The summed E-state index contributed by atoms with van der Waals surface area (Å²) < 4.78 is 15.6. The molecule has 0 aliphatic heterocycles. The van der Waals surface area contributed by atoms with Crippen LogP contribution in [0.5, 0.6) is 0 Å². The van der Waals surface area contributed by atoms with E-state index in [1.54, 1.807) is 0 Å². The molecule has 0 N–H and O–H groups in total. The molecule has 3 nitrogen and oxygen atoms in total. The van der Waals surface area contributed by atoms with Crippen molar-refractivity contribution >= 4 is 0 Å². The molecule has 15 heavy (non-hydrogen) atoms.